The lowest BCUT2D eigenvalue weighted by atomic mass is 9.85. The number of hydrogen-bond donors (Lipinski definition) is 0. The molecule has 0 aliphatic carbocycles. The van der Waals surface area contributed by atoms with Crippen LogP contribution in [0.2, 0.25) is 0 Å². The van der Waals surface area contributed by atoms with Crippen LogP contribution in [0.3, 0.4) is 0 Å². The summed E-state index contributed by atoms with van der Waals surface area (Å²) in [6.07, 6.45) is -0.172. The maximum atomic E-state index is 12.3. The van der Waals surface area contributed by atoms with Gasteiger partial charge >= 0.3 is 0 Å². The lowest BCUT2D eigenvalue weighted by molar-refractivity contribution is -0.149. The van der Waals surface area contributed by atoms with Gasteiger partial charge in [-0.1, -0.05) is 30.3 Å². The maximum Gasteiger partial charge on any atom is 0.236 e. The van der Waals surface area contributed by atoms with Crippen LogP contribution in [0.1, 0.15) is 30.7 Å². The van der Waals surface area contributed by atoms with Gasteiger partial charge in [-0.15, -0.1) is 0 Å². The maximum absolute atomic E-state index is 12.3. The molecule has 1 aliphatic heterocycles. The average molecular weight is 295 g/mol. The molecular formula is C16H13N3O3. The highest BCUT2D eigenvalue weighted by atomic mass is 16.2. The normalized spacial score (nSPS) is 15.5. The number of likely N-dealkylation sites (tertiary alicyclic amines) is 1. The molecule has 6 heteroatoms. The number of nitrogens with zero attached hydrogens (tertiary/aromatic N) is 3. The Hall–Kier alpha value is -2.99. The van der Waals surface area contributed by atoms with Crippen LogP contribution < -0.4 is 0 Å². The molecule has 0 bridgehead atoms. The van der Waals surface area contributed by atoms with Crippen molar-refractivity contribution in [3.8, 4) is 12.1 Å². The van der Waals surface area contributed by atoms with Crippen molar-refractivity contribution in [3.05, 3.63) is 35.9 Å². The minimum Gasteiger partial charge on any atom is -0.274 e. The summed E-state index contributed by atoms with van der Waals surface area (Å²) in [6, 6.07) is 12.4. The molecule has 0 spiro atoms. The van der Waals surface area contributed by atoms with E-state index in [9.17, 15) is 14.4 Å². The number of amides is 3. The molecule has 0 saturated carbocycles. The predicted octanol–water partition coefficient (Wildman–Crippen LogP) is 1.50. The van der Waals surface area contributed by atoms with Gasteiger partial charge in [-0.05, 0) is 5.56 Å². The van der Waals surface area contributed by atoms with Gasteiger partial charge in [0.2, 0.25) is 17.7 Å². The van der Waals surface area contributed by atoms with Crippen molar-refractivity contribution in [3.63, 3.8) is 0 Å². The number of benzene rings is 1. The van der Waals surface area contributed by atoms with E-state index >= 15 is 0 Å². The molecule has 3 amide bonds. The summed E-state index contributed by atoms with van der Waals surface area (Å²) in [6.45, 7) is 0. The SMILES string of the molecule is N#CC(C#N)[C@H](CC(=O)N1C(=O)CCC1=O)c1ccccc1. The van der Waals surface area contributed by atoms with Crippen molar-refractivity contribution in [1.82, 2.24) is 4.90 Å². The standard InChI is InChI=1S/C16H13N3O3/c17-9-12(10-18)13(11-4-2-1-3-5-11)8-16(22)19-14(20)6-7-15(19)21/h1-5,12-13H,6-8H2/t13-/m1/s1. The zero-order chi connectivity index (χ0) is 16.1. The molecule has 1 atom stereocenters. The molecular weight excluding hydrogens is 282 g/mol. The summed E-state index contributed by atoms with van der Waals surface area (Å²) in [5, 5.41) is 18.2. The summed E-state index contributed by atoms with van der Waals surface area (Å²) >= 11 is 0. The highest BCUT2D eigenvalue weighted by molar-refractivity contribution is 6.15. The van der Waals surface area contributed by atoms with Crippen molar-refractivity contribution in [2.75, 3.05) is 0 Å². The van der Waals surface area contributed by atoms with Crippen LogP contribution in [0.25, 0.3) is 0 Å². The first-order chi connectivity index (χ1) is 10.6. The van der Waals surface area contributed by atoms with Crippen molar-refractivity contribution in [2.24, 2.45) is 5.92 Å². The molecule has 1 aromatic carbocycles. The second kappa shape index (κ2) is 6.64. The van der Waals surface area contributed by atoms with Gasteiger partial charge in [-0.2, -0.15) is 10.5 Å². The lowest BCUT2D eigenvalue weighted by Crippen LogP contribution is -2.36. The van der Waals surface area contributed by atoms with E-state index in [0.29, 0.717) is 10.5 Å². The molecule has 0 unspecified atom stereocenters. The van der Waals surface area contributed by atoms with Gasteiger partial charge in [0.15, 0.2) is 0 Å². The van der Waals surface area contributed by atoms with Gasteiger partial charge in [0.25, 0.3) is 0 Å². The van der Waals surface area contributed by atoms with Crippen molar-refractivity contribution >= 4 is 17.7 Å². The zero-order valence-electron chi connectivity index (χ0n) is 11.7. The number of carbonyl (C=O) groups is 3. The molecule has 1 aliphatic rings. The Morgan fingerprint density at radius 3 is 2.14 bits per heavy atom. The first-order valence-corrected chi connectivity index (χ1v) is 6.81. The average Bonchev–Trinajstić information content (AvgIpc) is 2.87. The highest BCUT2D eigenvalue weighted by Crippen LogP contribution is 2.29. The van der Waals surface area contributed by atoms with Crippen LogP contribution in [0.4, 0.5) is 0 Å². The number of hydrogen-bond acceptors (Lipinski definition) is 5. The van der Waals surface area contributed by atoms with E-state index < -0.39 is 29.6 Å². The van der Waals surface area contributed by atoms with E-state index in [0.717, 1.165) is 0 Å². The van der Waals surface area contributed by atoms with Crippen LogP contribution in [0.5, 0.6) is 0 Å². The topological polar surface area (TPSA) is 102 Å². The minimum absolute atomic E-state index is 0.0283. The molecule has 1 heterocycles. The molecule has 0 aromatic heterocycles. The molecule has 22 heavy (non-hydrogen) atoms. The second-order valence-corrected chi connectivity index (χ2v) is 4.97. The Balaban J connectivity index is 2.26. The fourth-order valence-electron chi connectivity index (χ4n) is 2.47. The monoisotopic (exact) mass is 295 g/mol. The van der Waals surface area contributed by atoms with Gasteiger partial charge in [0.05, 0.1) is 12.1 Å². The van der Waals surface area contributed by atoms with Crippen LogP contribution in [-0.4, -0.2) is 22.6 Å². The van der Waals surface area contributed by atoms with Crippen molar-refractivity contribution in [1.29, 1.82) is 10.5 Å². The molecule has 1 aromatic rings. The van der Waals surface area contributed by atoms with Gasteiger partial charge in [-0.3, -0.25) is 14.4 Å². The first-order valence-electron chi connectivity index (χ1n) is 6.81. The van der Waals surface area contributed by atoms with E-state index in [1.165, 1.54) is 0 Å². The fraction of sp³-hybridized carbons (Fsp3) is 0.312. The van der Waals surface area contributed by atoms with E-state index in [4.69, 9.17) is 10.5 Å². The summed E-state index contributed by atoms with van der Waals surface area (Å²) in [5.41, 5.74) is 0.656. The third-order valence-electron chi connectivity index (χ3n) is 3.60. The smallest absolute Gasteiger partial charge is 0.236 e. The summed E-state index contributed by atoms with van der Waals surface area (Å²) < 4.78 is 0. The number of imide groups is 3. The highest BCUT2D eigenvalue weighted by Gasteiger charge is 2.37. The lowest BCUT2D eigenvalue weighted by Gasteiger charge is -2.20. The summed E-state index contributed by atoms with van der Waals surface area (Å²) in [4.78, 5) is 36.1. The Kier molecular flexibility index (Phi) is 4.65. The molecule has 1 fully saturated rings. The number of rotatable bonds is 4. The molecule has 110 valence electrons. The van der Waals surface area contributed by atoms with Crippen molar-refractivity contribution in [2.45, 2.75) is 25.2 Å². The summed E-state index contributed by atoms with van der Waals surface area (Å²) in [7, 11) is 0. The number of nitriles is 2. The minimum atomic E-state index is -1.03. The van der Waals surface area contributed by atoms with Crippen LogP contribution in [0, 0.1) is 28.6 Å². The fourth-order valence-corrected chi connectivity index (χ4v) is 2.47. The van der Waals surface area contributed by atoms with Crippen molar-refractivity contribution < 1.29 is 14.4 Å². The Morgan fingerprint density at radius 1 is 1.09 bits per heavy atom. The van der Waals surface area contributed by atoms with Gasteiger partial charge in [0.1, 0.15) is 5.92 Å². The van der Waals surface area contributed by atoms with E-state index in [1.807, 2.05) is 12.1 Å². The second-order valence-electron chi connectivity index (χ2n) is 4.97. The van der Waals surface area contributed by atoms with Gasteiger partial charge in [-0.25, -0.2) is 4.90 Å². The Bertz CT molecular complexity index is 655. The quantitative estimate of drug-likeness (QED) is 0.783. The predicted molar refractivity (Wildman–Crippen MR) is 74.6 cm³/mol. The zero-order valence-corrected chi connectivity index (χ0v) is 11.7. The van der Waals surface area contributed by atoms with Crippen LogP contribution in [0.15, 0.2) is 30.3 Å². The molecule has 0 N–H and O–H groups in total. The van der Waals surface area contributed by atoms with E-state index in [2.05, 4.69) is 0 Å². The van der Waals surface area contributed by atoms with E-state index in [-0.39, 0.29) is 19.3 Å². The molecule has 1 saturated heterocycles. The van der Waals surface area contributed by atoms with Gasteiger partial charge < -0.3 is 0 Å². The number of carbonyl (C=O) groups excluding carboxylic acids is 3. The third kappa shape index (κ3) is 3.02. The third-order valence-corrected chi connectivity index (χ3v) is 3.60. The molecule has 6 nitrogen and oxygen atoms in total. The summed E-state index contributed by atoms with van der Waals surface area (Å²) in [5.74, 6) is -3.40. The molecule has 0 radical (unpaired) electrons. The van der Waals surface area contributed by atoms with E-state index in [1.54, 1.807) is 30.3 Å². The van der Waals surface area contributed by atoms with Crippen LogP contribution in [-0.2, 0) is 14.4 Å². The molecule has 2 rings (SSSR count). The largest absolute Gasteiger partial charge is 0.274 e. The Morgan fingerprint density at radius 2 is 1.64 bits per heavy atom. The van der Waals surface area contributed by atoms with Gasteiger partial charge in [0, 0.05) is 25.2 Å². The van der Waals surface area contributed by atoms with Crippen LogP contribution >= 0.6 is 0 Å². The Labute approximate surface area is 127 Å². The first kappa shape index (κ1) is 15.4.